The molecule has 0 heterocycles. The first-order valence-electron chi connectivity index (χ1n) is 9.22. The number of carbonyl (C=O) groups excluding carboxylic acids is 2. The molecule has 0 aliphatic carbocycles. The molecule has 0 fully saturated rings. The van der Waals surface area contributed by atoms with Gasteiger partial charge in [0.2, 0.25) is 5.91 Å². The molecule has 0 saturated carbocycles. The Morgan fingerprint density at radius 1 is 0.871 bits per heavy atom. The quantitative estimate of drug-likeness (QED) is 0.500. The summed E-state index contributed by atoms with van der Waals surface area (Å²) in [5.41, 5.74) is 2.33. The second-order valence-electron chi connectivity index (χ2n) is 6.81. The van der Waals surface area contributed by atoms with Crippen LogP contribution in [0.4, 0.5) is 17.1 Å². The molecule has 7 nitrogen and oxygen atoms in total. The highest BCUT2D eigenvalue weighted by molar-refractivity contribution is 7.92. The fraction of sp³-hybridized carbons (Fsp3) is 0.0909. The predicted molar refractivity (Wildman–Crippen MR) is 122 cm³/mol. The Hall–Kier alpha value is -3.36. The van der Waals surface area contributed by atoms with Crippen molar-refractivity contribution < 1.29 is 18.0 Å². The number of sulfonamides is 1. The lowest BCUT2D eigenvalue weighted by atomic mass is 10.1. The monoisotopic (exact) mass is 457 g/mol. The molecule has 0 bridgehead atoms. The molecule has 0 unspecified atom stereocenters. The minimum atomic E-state index is -3.89. The lowest BCUT2D eigenvalue weighted by Crippen LogP contribution is -2.16. The van der Waals surface area contributed by atoms with Gasteiger partial charge in [-0.2, -0.15) is 0 Å². The second-order valence-corrected chi connectivity index (χ2v) is 8.92. The van der Waals surface area contributed by atoms with Crippen molar-refractivity contribution in [2.45, 2.75) is 18.7 Å². The van der Waals surface area contributed by atoms with E-state index in [-0.39, 0.29) is 10.8 Å². The summed E-state index contributed by atoms with van der Waals surface area (Å²) in [5.74, 6) is -0.618. The van der Waals surface area contributed by atoms with Crippen LogP contribution >= 0.6 is 11.6 Å². The molecule has 0 spiro atoms. The Kier molecular flexibility index (Phi) is 6.62. The third-order valence-corrected chi connectivity index (χ3v) is 5.93. The van der Waals surface area contributed by atoms with Crippen molar-refractivity contribution in [3.05, 3.63) is 82.9 Å². The number of rotatable bonds is 6. The fourth-order valence-corrected chi connectivity index (χ4v) is 4.04. The van der Waals surface area contributed by atoms with Gasteiger partial charge in [0.1, 0.15) is 0 Å². The maximum Gasteiger partial charge on any atom is 0.261 e. The van der Waals surface area contributed by atoms with E-state index in [0.717, 1.165) is 0 Å². The number of hydrogen-bond donors (Lipinski definition) is 3. The molecule has 3 rings (SSSR count). The van der Waals surface area contributed by atoms with E-state index in [0.29, 0.717) is 33.2 Å². The zero-order valence-corrected chi connectivity index (χ0v) is 18.3. The number of amides is 2. The average Bonchev–Trinajstić information content (AvgIpc) is 2.69. The van der Waals surface area contributed by atoms with Gasteiger partial charge in [0, 0.05) is 28.9 Å². The molecule has 160 valence electrons. The number of carbonyl (C=O) groups is 2. The molecule has 0 aliphatic heterocycles. The molecule has 3 aromatic rings. The third-order valence-electron chi connectivity index (χ3n) is 4.31. The van der Waals surface area contributed by atoms with Crippen molar-refractivity contribution in [3.8, 4) is 0 Å². The van der Waals surface area contributed by atoms with Gasteiger partial charge in [-0.1, -0.05) is 23.7 Å². The summed E-state index contributed by atoms with van der Waals surface area (Å²) in [4.78, 5) is 23.7. The van der Waals surface area contributed by atoms with E-state index < -0.39 is 15.9 Å². The van der Waals surface area contributed by atoms with Crippen LogP contribution in [0.2, 0.25) is 5.02 Å². The van der Waals surface area contributed by atoms with Crippen molar-refractivity contribution in [3.63, 3.8) is 0 Å². The first-order chi connectivity index (χ1) is 14.6. The van der Waals surface area contributed by atoms with Gasteiger partial charge in [-0.3, -0.25) is 14.3 Å². The molecular weight excluding hydrogens is 438 g/mol. The summed E-state index contributed by atoms with van der Waals surface area (Å²) in [5, 5.41) is 5.76. The van der Waals surface area contributed by atoms with E-state index >= 15 is 0 Å². The standard InChI is InChI=1S/C22H20ClN3O4S/c1-14-6-11-20(31(29,30)26-19-5-3-4-17(23)12-19)13-21(14)25-22(28)16-7-9-18(10-8-16)24-15(2)27/h3-13,26H,1-2H3,(H,24,27)(H,25,28). The van der Waals surface area contributed by atoms with E-state index in [1.807, 2.05) is 0 Å². The number of benzene rings is 3. The van der Waals surface area contributed by atoms with Crippen LogP contribution in [0.25, 0.3) is 0 Å². The Labute approximate surface area is 185 Å². The molecule has 0 aliphatic rings. The highest BCUT2D eigenvalue weighted by Gasteiger charge is 2.17. The Bertz CT molecular complexity index is 1240. The number of hydrogen-bond acceptors (Lipinski definition) is 4. The molecule has 0 aromatic heterocycles. The van der Waals surface area contributed by atoms with Crippen LogP contribution < -0.4 is 15.4 Å². The van der Waals surface area contributed by atoms with Gasteiger partial charge >= 0.3 is 0 Å². The molecule has 31 heavy (non-hydrogen) atoms. The molecule has 2 amide bonds. The van der Waals surface area contributed by atoms with E-state index in [4.69, 9.17) is 11.6 Å². The predicted octanol–water partition coefficient (Wildman–Crippen LogP) is 4.66. The maximum absolute atomic E-state index is 12.8. The highest BCUT2D eigenvalue weighted by atomic mass is 35.5. The highest BCUT2D eigenvalue weighted by Crippen LogP contribution is 2.24. The third kappa shape index (κ3) is 5.84. The smallest absolute Gasteiger partial charge is 0.261 e. The maximum atomic E-state index is 12.8. The first-order valence-corrected chi connectivity index (χ1v) is 11.1. The summed E-state index contributed by atoms with van der Waals surface area (Å²) in [6.07, 6.45) is 0. The molecule has 9 heteroatoms. The van der Waals surface area contributed by atoms with Crippen LogP contribution in [0.1, 0.15) is 22.8 Å². The number of halogens is 1. The summed E-state index contributed by atoms with van der Waals surface area (Å²) in [6, 6.07) is 17.2. The summed E-state index contributed by atoms with van der Waals surface area (Å²) >= 11 is 5.91. The molecule has 0 saturated heterocycles. The minimum Gasteiger partial charge on any atom is -0.326 e. The molecule has 0 atom stereocenters. The van der Waals surface area contributed by atoms with E-state index in [9.17, 15) is 18.0 Å². The van der Waals surface area contributed by atoms with Gasteiger partial charge in [0.15, 0.2) is 0 Å². The average molecular weight is 458 g/mol. The SMILES string of the molecule is CC(=O)Nc1ccc(C(=O)Nc2cc(S(=O)(=O)Nc3cccc(Cl)c3)ccc2C)cc1. The van der Waals surface area contributed by atoms with E-state index in [1.54, 1.807) is 55.5 Å². The van der Waals surface area contributed by atoms with Crippen LogP contribution in [0, 0.1) is 6.92 Å². The molecule has 0 radical (unpaired) electrons. The second kappa shape index (κ2) is 9.20. The first kappa shape index (κ1) is 22.3. The molecular formula is C22H20ClN3O4S. The van der Waals surface area contributed by atoms with Crippen LogP contribution in [0.5, 0.6) is 0 Å². The van der Waals surface area contributed by atoms with Crippen molar-refractivity contribution in [2.75, 3.05) is 15.4 Å². The van der Waals surface area contributed by atoms with Gasteiger partial charge in [-0.25, -0.2) is 8.42 Å². The fourth-order valence-electron chi connectivity index (χ4n) is 2.77. The Morgan fingerprint density at radius 2 is 1.58 bits per heavy atom. The normalized spacial score (nSPS) is 10.9. The lowest BCUT2D eigenvalue weighted by Gasteiger charge is -2.13. The molecule has 3 aromatic carbocycles. The topological polar surface area (TPSA) is 104 Å². The zero-order chi connectivity index (χ0) is 22.6. The van der Waals surface area contributed by atoms with Crippen LogP contribution in [-0.4, -0.2) is 20.2 Å². The summed E-state index contributed by atoms with van der Waals surface area (Å²) < 4.78 is 28.0. The number of nitrogens with one attached hydrogen (secondary N) is 3. The van der Waals surface area contributed by atoms with Crippen molar-refractivity contribution >= 4 is 50.5 Å². The van der Waals surface area contributed by atoms with Crippen molar-refractivity contribution in [1.29, 1.82) is 0 Å². The minimum absolute atomic E-state index is 0.00520. The van der Waals surface area contributed by atoms with Gasteiger partial charge in [0.05, 0.1) is 10.6 Å². The van der Waals surface area contributed by atoms with E-state index in [1.165, 1.54) is 25.1 Å². The molecule has 3 N–H and O–H groups in total. The Balaban J connectivity index is 1.80. The van der Waals surface area contributed by atoms with Gasteiger partial charge in [-0.05, 0) is 67.1 Å². The zero-order valence-electron chi connectivity index (χ0n) is 16.8. The van der Waals surface area contributed by atoms with Gasteiger partial charge < -0.3 is 10.6 Å². The Morgan fingerprint density at radius 3 is 2.23 bits per heavy atom. The summed E-state index contributed by atoms with van der Waals surface area (Å²) in [7, 11) is -3.89. The van der Waals surface area contributed by atoms with Crippen molar-refractivity contribution in [2.24, 2.45) is 0 Å². The van der Waals surface area contributed by atoms with Gasteiger partial charge in [0.25, 0.3) is 15.9 Å². The summed E-state index contributed by atoms with van der Waals surface area (Å²) in [6.45, 7) is 3.15. The largest absolute Gasteiger partial charge is 0.326 e. The number of aryl methyl sites for hydroxylation is 1. The van der Waals surface area contributed by atoms with Crippen LogP contribution in [0.3, 0.4) is 0 Å². The van der Waals surface area contributed by atoms with Crippen LogP contribution in [0.15, 0.2) is 71.6 Å². The van der Waals surface area contributed by atoms with Crippen molar-refractivity contribution in [1.82, 2.24) is 0 Å². The van der Waals surface area contributed by atoms with Crippen LogP contribution in [-0.2, 0) is 14.8 Å². The number of anilines is 3. The van der Waals surface area contributed by atoms with E-state index in [2.05, 4.69) is 15.4 Å². The van der Waals surface area contributed by atoms with Gasteiger partial charge in [-0.15, -0.1) is 0 Å². The lowest BCUT2D eigenvalue weighted by molar-refractivity contribution is -0.114.